The quantitative estimate of drug-likeness (QED) is 0.653. The van der Waals surface area contributed by atoms with Crippen molar-refractivity contribution in [1.82, 2.24) is 15.2 Å². The summed E-state index contributed by atoms with van der Waals surface area (Å²) in [5.74, 6) is 1.42. The minimum Gasteiger partial charge on any atom is -0.324 e. The lowest BCUT2D eigenvalue weighted by Gasteiger charge is -2.04. The summed E-state index contributed by atoms with van der Waals surface area (Å²) in [5, 5.41) is 13.8. The van der Waals surface area contributed by atoms with Crippen LogP contribution in [-0.4, -0.2) is 15.2 Å². The minimum atomic E-state index is 0.643. The maximum atomic E-state index is 6.07. The van der Waals surface area contributed by atoms with E-state index < -0.39 is 0 Å². The Morgan fingerprint density at radius 3 is 2.95 bits per heavy atom. The summed E-state index contributed by atoms with van der Waals surface area (Å²) in [4.78, 5) is 5.56. The van der Waals surface area contributed by atoms with E-state index in [4.69, 9.17) is 11.6 Å². The second-order valence-electron chi connectivity index (χ2n) is 4.39. The molecule has 0 aliphatic heterocycles. The number of benzene rings is 1. The van der Waals surface area contributed by atoms with E-state index in [1.807, 2.05) is 42.6 Å². The summed E-state index contributed by atoms with van der Waals surface area (Å²) in [6.07, 6.45) is 0. The highest BCUT2D eigenvalue weighted by Crippen LogP contribution is 2.29. The number of nitrogens with one attached hydrogen (secondary N) is 2. The predicted molar refractivity (Wildman–Crippen MR) is 89.7 cm³/mol. The van der Waals surface area contributed by atoms with Crippen molar-refractivity contribution >= 4 is 46.3 Å². The highest BCUT2D eigenvalue weighted by molar-refractivity contribution is 7.98. The first-order valence-corrected chi connectivity index (χ1v) is 8.56. The van der Waals surface area contributed by atoms with E-state index in [1.165, 1.54) is 0 Å². The molecule has 0 spiro atoms. The molecule has 0 radical (unpaired) electrons. The zero-order chi connectivity index (χ0) is 14.7. The first-order chi connectivity index (χ1) is 10.2. The molecule has 3 aromatic rings. The van der Waals surface area contributed by atoms with Crippen LogP contribution in [0, 0.1) is 6.92 Å². The summed E-state index contributed by atoms with van der Waals surface area (Å²) in [6, 6.07) is 9.96. The van der Waals surface area contributed by atoms with E-state index in [2.05, 4.69) is 20.5 Å². The summed E-state index contributed by atoms with van der Waals surface area (Å²) in [5.41, 5.74) is 2.18. The summed E-state index contributed by atoms with van der Waals surface area (Å²) >= 11 is 9.28. The van der Waals surface area contributed by atoms with E-state index in [-0.39, 0.29) is 0 Å². The van der Waals surface area contributed by atoms with Gasteiger partial charge in [-0.2, -0.15) is 4.98 Å². The Balaban J connectivity index is 1.64. The smallest absolute Gasteiger partial charge is 0.223 e. The Bertz CT molecular complexity index is 738. The van der Waals surface area contributed by atoms with Crippen LogP contribution in [0.4, 0.5) is 11.6 Å². The van der Waals surface area contributed by atoms with Gasteiger partial charge in [0.2, 0.25) is 11.1 Å². The van der Waals surface area contributed by atoms with Crippen molar-refractivity contribution in [3.63, 3.8) is 0 Å². The molecule has 0 unspecified atom stereocenters. The number of halogens is 1. The predicted octanol–water partition coefficient (Wildman–Crippen LogP) is 4.86. The van der Waals surface area contributed by atoms with Crippen molar-refractivity contribution < 1.29 is 0 Å². The molecular weight excluding hydrogens is 324 g/mol. The van der Waals surface area contributed by atoms with Crippen molar-refractivity contribution in [3.8, 4) is 0 Å². The van der Waals surface area contributed by atoms with Gasteiger partial charge in [-0.25, -0.2) is 5.10 Å². The second kappa shape index (κ2) is 6.51. The zero-order valence-corrected chi connectivity index (χ0v) is 13.6. The number of hydrogen-bond acceptors (Lipinski definition) is 5. The molecule has 3 rings (SSSR count). The van der Waals surface area contributed by atoms with Crippen molar-refractivity contribution in [2.75, 3.05) is 5.32 Å². The maximum Gasteiger partial charge on any atom is 0.223 e. The molecule has 0 saturated carbocycles. The molecule has 7 heteroatoms. The molecule has 0 aliphatic carbocycles. The average Bonchev–Trinajstić information content (AvgIpc) is 3.08. The number of thioether (sulfide) groups is 1. The molecular formula is C14H13ClN4S2. The Morgan fingerprint density at radius 1 is 1.33 bits per heavy atom. The lowest BCUT2D eigenvalue weighted by Crippen LogP contribution is -1.94. The number of nitrogens with zero attached hydrogens (tertiary/aromatic N) is 2. The van der Waals surface area contributed by atoms with Gasteiger partial charge in [-0.15, -0.1) is 16.4 Å². The van der Waals surface area contributed by atoms with Gasteiger partial charge in [0.15, 0.2) is 0 Å². The molecule has 2 heterocycles. The molecule has 1 aromatic carbocycles. The minimum absolute atomic E-state index is 0.643. The van der Waals surface area contributed by atoms with Crippen LogP contribution in [0.5, 0.6) is 0 Å². The number of rotatable bonds is 5. The van der Waals surface area contributed by atoms with Crippen LogP contribution in [0.15, 0.2) is 40.9 Å². The van der Waals surface area contributed by atoms with Crippen LogP contribution in [0.2, 0.25) is 5.02 Å². The number of para-hydroxylation sites is 1. The number of anilines is 2. The molecule has 0 atom stereocenters. The van der Waals surface area contributed by atoms with Gasteiger partial charge in [0, 0.05) is 16.3 Å². The van der Waals surface area contributed by atoms with Crippen LogP contribution in [0.25, 0.3) is 0 Å². The van der Waals surface area contributed by atoms with Gasteiger partial charge in [-0.3, -0.25) is 0 Å². The molecule has 2 aromatic heterocycles. The summed E-state index contributed by atoms with van der Waals surface area (Å²) in [7, 11) is 0. The molecule has 0 fully saturated rings. The monoisotopic (exact) mass is 336 g/mol. The number of H-pyrrole nitrogens is 1. The lowest BCUT2D eigenvalue weighted by molar-refractivity contribution is 0.973. The number of aryl methyl sites for hydroxylation is 1. The van der Waals surface area contributed by atoms with Crippen molar-refractivity contribution in [1.29, 1.82) is 0 Å². The van der Waals surface area contributed by atoms with Crippen LogP contribution in [0.1, 0.15) is 10.4 Å². The average molecular weight is 337 g/mol. The largest absolute Gasteiger partial charge is 0.324 e. The third-order valence-corrected chi connectivity index (χ3v) is 5.33. The summed E-state index contributed by atoms with van der Waals surface area (Å²) in [6.45, 7) is 2.05. The lowest BCUT2D eigenvalue weighted by atomic mass is 10.2. The van der Waals surface area contributed by atoms with Gasteiger partial charge in [0.05, 0.1) is 5.02 Å². The number of hydrogen-bond donors (Lipinski definition) is 2. The van der Waals surface area contributed by atoms with Crippen LogP contribution < -0.4 is 5.32 Å². The molecule has 108 valence electrons. The third-order valence-electron chi connectivity index (χ3n) is 2.89. The zero-order valence-electron chi connectivity index (χ0n) is 11.3. The van der Waals surface area contributed by atoms with E-state index in [0.717, 1.165) is 26.9 Å². The normalized spacial score (nSPS) is 10.8. The molecule has 2 N–H and O–H groups in total. The Labute approximate surface area is 136 Å². The van der Waals surface area contributed by atoms with Crippen LogP contribution in [0.3, 0.4) is 0 Å². The van der Waals surface area contributed by atoms with Crippen LogP contribution >= 0.6 is 34.7 Å². The fourth-order valence-corrected chi connectivity index (χ4v) is 3.86. The van der Waals surface area contributed by atoms with Crippen molar-refractivity contribution in [2.45, 2.75) is 17.8 Å². The second-order valence-corrected chi connectivity index (χ2v) is 6.74. The van der Waals surface area contributed by atoms with Gasteiger partial charge in [-0.05, 0) is 30.0 Å². The van der Waals surface area contributed by atoms with Gasteiger partial charge in [0.1, 0.15) is 0 Å². The summed E-state index contributed by atoms with van der Waals surface area (Å²) < 4.78 is 0. The maximum absolute atomic E-state index is 6.07. The van der Waals surface area contributed by atoms with Crippen molar-refractivity contribution in [3.05, 3.63) is 51.2 Å². The van der Waals surface area contributed by atoms with E-state index >= 15 is 0 Å². The number of thiophene rings is 1. The van der Waals surface area contributed by atoms with Crippen molar-refractivity contribution in [2.24, 2.45) is 0 Å². The molecule has 21 heavy (non-hydrogen) atoms. The van der Waals surface area contributed by atoms with E-state index in [1.54, 1.807) is 23.1 Å². The first kappa shape index (κ1) is 14.4. The molecule has 0 aliphatic rings. The molecule has 4 nitrogen and oxygen atoms in total. The van der Waals surface area contributed by atoms with Gasteiger partial charge >= 0.3 is 0 Å². The first-order valence-electron chi connectivity index (χ1n) is 6.32. The SMILES string of the molecule is Cc1ccccc1Nc1nc(SCc2sccc2Cl)n[nH]1. The highest BCUT2D eigenvalue weighted by atomic mass is 35.5. The topological polar surface area (TPSA) is 53.6 Å². The Hall–Kier alpha value is -1.50. The third kappa shape index (κ3) is 3.58. The number of aromatic nitrogens is 3. The fourth-order valence-electron chi connectivity index (χ4n) is 1.77. The number of aromatic amines is 1. The molecule has 0 saturated heterocycles. The molecule has 0 bridgehead atoms. The van der Waals surface area contributed by atoms with E-state index in [0.29, 0.717) is 11.1 Å². The Kier molecular flexibility index (Phi) is 4.48. The highest BCUT2D eigenvalue weighted by Gasteiger charge is 2.08. The van der Waals surface area contributed by atoms with Crippen LogP contribution in [-0.2, 0) is 5.75 Å². The fraction of sp³-hybridized carbons (Fsp3) is 0.143. The van der Waals surface area contributed by atoms with Gasteiger partial charge < -0.3 is 5.32 Å². The Morgan fingerprint density at radius 2 is 2.19 bits per heavy atom. The van der Waals surface area contributed by atoms with Gasteiger partial charge in [-0.1, -0.05) is 41.6 Å². The van der Waals surface area contributed by atoms with E-state index in [9.17, 15) is 0 Å². The molecule has 0 amide bonds. The van der Waals surface area contributed by atoms with Gasteiger partial charge in [0.25, 0.3) is 0 Å². The standard InChI is InChI=1S/C14H13ClN4S2/c1-9-4-2-3-5-11(9)16-13-17-14(19-18-13)21-8-12-10(15)6-7-20-12/h2-7H,8H2,1H3,(H2,16,17,18,19).